The SMILES string of the molecule is [C-]#[N+]c1ccc(F)c([C@@H](C)Nc2c(Cl)c(C(=O)Nc3cccnc3)nc3ccc(-c4cnc(C(C)(C)O)nc4)cc23)c1. The van der Waals surface area contributed by atoms with Crippen LogP contribution in [0.5, 0.6) is 0 Å². The number of nitrogens with zero attached hydrogens (tertiary/aromatic N) is 5. The van der Waals surface area contributed by atoms with Gasteiger partial charge in [-0.3, -0.25) is 9.78 Å². The van der Waals surface area contributed by atoms with Gasteiger partial charge in [0.25, 0.3) is 5.91 Å². The molecule has 11 heteroatoms. The van der Waals surface area contributed by atoms with Crippen LogP contribution >= 0.6 is 11.6 Å². The second kappa shape index (κ2) is 11.5. The molecule has 0 spiro atoms. The molecule has 42 heavy (non-hydrogen) atoms. The van der Waals surface area contributed by atoms with Crippen LogP contribution in [0.25, 0.3) is 26.9 Å². The molecule has 0 saturated heterocycles. The topological polar surface area (TPSA) is 117 Å². The monoisotopic (exact) mass is 581 g/mol. The van der Waals surface area contributed by atoms with Crippen LogP contribution < -0.4 is 10.6 Å². The maximum absolute atomic E-state index is 14.8. The van der Waals surface area contributed by atoms with Crippen LogP contribution in [0.1, 0.15) is 48.7 Å². The Balaban J connectivity index is 1.62. The maximum atomic E-state index is 14.8. The first kappa shape index (κ1) is 28.5. The van der Waals surface area contributed by atoms with Gasteiger partial charge in [-0.1, -0.05) is 23.7 Å². The average molecular weight is 582 g/mol. The molecular weight excluding hydrogens is 557 g/mol. The number of pyridine rings is 2. The van der Waals surface area contributed by atoms with Gasteiger partial charge < -0.3 is 15.7 Å². The van der Waals surface area contributed by atoms with E-state index in [0.717, 1.165) is 5.56 Å². The van der Waals surface area contributed by atoms with Crippen molar-refractivity contribution in [3.8, 4) is 11.1 Å². The molecule has 5 aromatic rings. The molecule has 1 amide bonds. The molecule has 0 aliphatic rings. The first-order valence-corrected chi connectivity index (χ1v) is 13.3. The van der Waals surface area contributed by atoms with Crippen LogP contribution in [0.3, 0.4) is 0 Å². The molecule has 0 aliphatic heterocycles. The van der Waals surface area contributed by atoms with Crippen molar-refractivity contribution in [2.45, 2.75) is 32.4 Å². The Labute approximate surface area is 246 Å². The number of fused-ring (bicyclic) bond motifs is 1. The Kier molecular flexibility index (Phi) is 7.81. The van der Waals surface area contributed by atoms with Crippen molar-refractivity contribution in [2.24, 2.45) is 0 Å². The van der Waals surface area contributed by atoms with Crippen LogP contribution in [-0.2, 0) is 5.60 Å². The minimum Gasteiger partial charge on any atom is -0.382 e. The number of hydrogen-bond acceptors (Lipinski definition) is 7. The van der Waals surface area contributed by atoms with Crippen LogP contribution in [0.2, 0.25) is 5.02 Å². The summed E-state index contributed by atoms with van der Waals surface area (Å²) in [6, 6.07) is 12.2. The van der Waals surface area contributed by atoms with E-state index in [1.165, 1.54) is 24.4 Å². The Morgan fingerprint density at radius 2 is 1.86 bits per heavy atom. The largest absolute Gasteiger partial charge is 0.382 e. The van der Waals surface area contributed by atoms with Crippen LogP contribution in [0.4, 0.5) is 21.5 Å². The molecule has 3 N–H and O–H groups in total. The summed E-state index contributed by atoms with van der Waals surface area (Å²) in [5.41, 5.74) is 2.00. The van der Waals surface area contributed by atoms with Gasteiger partial charge in [0.05, 0.1) is 40.7 Å². The Morgan fingerprint density at radius 3 is 2.52 bits per heavy atom. The minimum atomic E-state index is -1.20. The van der Waals surface area contributed by atoms with Crippen LogP contribution in [-0.4, -0.2) is 30.9 Å². The number of aliphatic hydroxyl groups is 1. The van der Waals surface area contributed by atoms with Gasteiger partial charge in [0.1, 0.15) is 17.1 Å². The number of rotatable bonds is 7. The number of carbonyl (C=O) groups is 1. The van der Waals surface area contributed by atoms with Crippen molar-refractivity contribution in [1.82, 2.24) is 19.9 Å². The van der Waals surface area contributed by atoms with E-state index in [4.69, 9.17) is 18.2 Å². The fourth-order valence-electron chi connectivity index (χ4n) is 4.36. The zero-order chi connectivity index (χ0) is 30.0. The third kappa shape index (κ3) is 5.88. The van der Waals surface area contributed by atoms with Gasteiger partial charge in [0.2, 0.25) is 0 Å². The van der Waals surface area contributed by atoms with E-state index < -0.39 is 23.4 Å². The molecule has 1 atom stereocenters. The van der Waals surface area contributed by atoms with Crippen LogP contribution in [0, 0.1) is 12.4 Å². The number of nitrogens with one attached hydrogen (secondary N) is 2. The molecule has 0 fully saturated rings. The minimum absolute atomic E-state index is 0.0308. The summed E-state index contributed by atoms with van der Waals surface area (Å²) in [5.74, 6) is -0.761. The molecular formula is C31H25ClFN7O2. The van der Waals surface area contributed by atoms with E-state index in [-0.39, 0.29) is 22.1 Å². The number of hydrogen-bond donors (Lipinski definition) is 3. The Bertz CT molecular complexity index is 1840. The predicted molar refractivity (Wildman–Crippen MR) is 160 cm³/mol. The quantitative estimate of drug-likeness (QED) is 0.176. The summed E-state index contributed by atoms with van der Waals surface area (Å²) < 4.78 is 14.8. The third-order valence-corrected chi connectivity index (χ3v) is 6.90. The van der Waals surface area contributed by atoms with E-state index >= 15 is 0 Å². The lowest BCUT2D eigenvalue weighted by Gasteiger charge is -2.21. The average Bonchev–Trinajstić information content (AvgIpc) is 2.98. The fourth-order valence-corrected chi connectivity index (χ4v) is 4.64. The zero-order valence-electron chi connectivity index (χ0n) is 22.9. The number of aromatic nitrogens is 4. The highest BCUT2D eigenvalue weighted by atomic mass is 35.5. The van der Waals surface area contributed by atoms with Crippen molar-refractivity contribution in [1.29, 1.82) is 0 Å². The van der Waals surface area contributed by atoms with E-state index in [2.05, 4.69) is 35.4 Å². The molecule has 0 radical (unpaired) electrons. The van der Waals surface area contributed by atoms with E-state index in [0.29, 0.717) is 33.5 Å². The molecule has 5 rings (SSSR count). The first-order valence-electron chi connectivity index (χ1n) is 12.9. The van der Waals surface area contributed by atoms with Crippen molar-refractivity contribution < 1.29 is 14.3 Å². The number of benzene rings is 2. The second-order valence-corrected chi connectivity index (χ2v) is 10.5. The Hall–Kier alpha value is -4.98. The number of anilines is 2. The lowest BCUT2D eigenvalue weighted by atomic mass is 10.0. The van der Waals surface area contributed by atoms with Gasteiger partial charge >= 0.3 is 0 Å². The van der Waals surface area contributed by atoms with Crippen LogP contribution in [0.15, 0.2) is 73.3 Å². The van der Waals surface area contributed by atoms with E-state index in [1.807, 2.05) is 6.07 Å². The summed E-state index contributed by atoms with van der Waals surface area (Å²) in [6.07, 6.45) is 6.29. The molecule has 2 aromatic carbocycles. The highest BCUT2D eigenvalue weighted by Crippen LogP contribution is 2.38. The highest BCUT2D eigenvalue weighted by Gasteiger charge is 2.23. The third-order valence-electron chi connectivity index (χ3n) is 6.53. The fraction of sp³-hybridized carbons (Fsp3) is 0.161. The van der Waals surface area contributed by atoms with Gasteiger partial charge in [0, 0.05) is 29.5 Å². The molecule has 0 saturated carbocycles. The number of halogens is 2. The van der Waals surface area contributed by atoms with Gasteiger partial charge in [-0.05, 0) is 68.3 Å². The molecule has 9 nitrogen and oxygen atoms in total. The Morgan fingerprint density at radius 1 is 1.10 bits per heavy atom. The summed E-state index contributed by atoms with van der Waals surface area (Å²) in [6.45, 7) is 12.2. The number of amides is 1. The first-order chi connectivity index (χ1) is 20.0. The maximum Gasteiger partial charge on any atom is 0.275 e. The number of carbonyl (C=O) groups excluding carboxylic acids is 1. The molecule has 210 valence electrons. The second-order valence-electron chi connectivity index (χ2n) is 10.1. The van der Waals surface area contributed by atoms with Crippen molar-refractivity contribution in [2.75, 3.05) is 10.6 Å². The summed E-state index contributed by atoms with van der Waals surface area (Å²) in [4.78, 5) is 33.8. The zero-order valence-corrected chi connectivity index (χ0v) is 23.6. The lowest BCUT2D eigenvalue weighted by molar-refractivity contribution is 0.0687. The van der Waals surface area contributed by atoms with Crippen molar-refractivity contribution in [3.63, 3.8) is 0 Å². The summed E-state index contributed by atoms with van der Waals surface area (Å²) >= 11 is 6.85. The molecule has 0 aliphatic carbocycles. The van der Waals surface area contributed by atoms with E-state index in [9.17, 15) is 14.3 Å². The molecule has 0 bridgehead atoms. The lowest BCUT2D eigenvalue weighted by Crippen LogP contribution is -2.19. The van der Waals surface area contributed by atoms with E-state index in [1.54, 1.807) is 63.6 Å². The molecule has 3 aromatic heterocycles. The van der Waals surface area contributed by atoms with Crippen molar-refractivity contribution in [3.05, 3.63) is 113 Å². The van der Waals surface area contributed by atoms with Gasteiger partial charge in [0.15, 0.2) is 11.5 Å². The predicted octanol–water partition coefficient (Wildman–Crippen LogP) is 7.08. The van der Waals surface area contributed by atoms with Gasteiger partial charge in [-0.15, -0.1) is 0 Å². The summed E-state index contributed by atoms with van der Waals surface area (Å²) in [7, 11) is 0. The van der Waals surface area contributed by atoms with Gasteiger partial charge in [-0.2, -0.15) is 0 Å². The standard InChI is InChI=1S/C31H25ClFN7O2/c1-17(22-13-20(34-4)8-9-24(22)33)38-27-23-12-18(19-14-36-30(37-15-19)31(2,3)42)7-10-25(23)40-28(26(27)32)29(41)39-21-6-5-11-35-16-21/h5-17,42H,1-3H3,(H,38,40)(H,39,41)/t17-/m1/s1. The highest BCUT2D eigenvalue weighted by molar-refractivity contribution is 6.38. The summed E-state index contributed by atoms with van der Waals surface area (Å²) in [5, 5.41) is 16.8. The van der Waals surface area contributed by atoms with Crippen molar-refractivity contribution >= 4 is 45.5 Å². The molecule has 3 heterocycles. The smallest absolute Gasteiger partial charge is 0.275 e. The normalized spacial score (nSPS) is 12.0. The van der Waals surface area contributed by atoms with Gasteiger partial charge in [-0.25, -0.2) is 24.2 Å². The molecule has 0 unspecified atom stereocenters.